The zero-order valence-electron chi connectivity index (χ0n) is 13.7. The van der Waals surface area contributed by atoms with Crippen molar-refractivity contribution in [2.45, 2.75) is 6.42 Å². The minimum absolute atomic E-state index is 0.173. The number of halogens is 1. The number of hydrogen-bond acceptors (Lipinski definition) is 6. The van der Waals surface area contributed by atoms with Crippen molar-refractivity contribution in [3.05, 3.63) is 51.3 Å². The highest BCUT2D eigenvalue weighted by Crippen LogP contribution is 2.38. The Labute approximate surface area is 163 Å². The number of fused-ring (bicyclic) bond motifs is 1. The highest BCUT2D eigenvalue weighted by molar-refractivity contribution is 7.20. The molecule has 1 aliphatic rings. The fraction of sp³-hybridized carbons (Fsp3) is 0.222. The van der Waals surface area contributed by atoms with Gasteiger partial charge in [-0.3, -0.25) is 4.79 Å². The third-order valence-corrected chi connectivity index (χ3v) is 5.99. The van der Waals surface area contributed by atoms with Crippen LogP contribution in [0.5, 0.6) is 11.5 Å². The molecule has 3 aromatic rings. The lowest BCUT2D eigenvalue weighted by Gasteiger charge is -2.20. The molecule has 4 rings (SSSR count). The van der Waals surface area contributed by atoms with Crippen LogP contribution in [0.15, 0.2) is 35.0 Å². The highest BCUT2D eigenvalue weighted by Gasteiger charge is 2.17. The smallest absolute Gasteiger partial charge is 0.270 e. The summed E-state index contributed by atoms with van der Waals surface area (Å²) in [4.78, 5) is 17.8. The number of benzene rings is 1. The van der Waals surface area contributed by atoms with Gasteiger partial charge < -0.3 is 14.8 Å². The largest absolute Gasteiger partial charge is 0.486 e. The van der Waals surface area contributed by atoms with Gasteiger partial charge in [0.25, 0.3) is 5.91 Å². The summed E-state index contributed by atoms with van der Waals surface area (Å²) in [7, 11) is 0. The fourth-order valence-electron chi connectivity index (χ4n) is 2.61. The van der Waals surface area contributed by atoms with Gasteiger partial charge in [-0.05, 0) is 35.6 Å². The molecule has 1 N–H and O–H groups in total. The van der Waals surface area contributed by atoms with Gasteiger partial charge in [0.05, 0.1) is 9.90 Å². The molecule has 5 nitrogen and oxygen atoms in total. The van der Waals surface area contributed by atoms with Crippen LogP contribution >= 0.6 is 34.3 Å². The minimum atomic E-state index is -0.173. The van der Waals surface area contributed by atoms with E-state index in [4.69, 9.17) is 21.1 Å². The summed E-state index contributed by atoms with van der Waals surface area (Å²) >= 11 is 9.32. The van der Waals surface area contributed by atoms with Gasteiger partial charge >= 0.3 is 0 Å². The van der Waals surface area contributed by atoms with Gasteiger partial charge in [0.1, 0.15) is 23.9 Å². The van der Waals surface area contributed by atoms with E-state index in [2.05, 4.69) is 10.3 Å². The van der Waals surface area contributed by atoms with E-state index in [0.29, 0.717) is 48.4 Å². The average molecular weight is 407 g/mol. The van der Waals surface area contributed by atoms with Crippen LogP contribution in [-0.2, 0) is 6.42 Å². The van der Waals surface area contributed by atoms with Gasteiger partial charge in [-0.15, -0.1) is 22.7 Å². The number of thiophene rings is 1. The maximum atomic E-state index is 12.3. The number of carbonyl (C=O) groups excluding carboxylic acids is 1. The van der Waals surface area contributed by atoms with E-state index >= 15 is 0 Å². The lowest BCUT2D eigenvalue weighted by atomic mass is 10.1. The van der Waals surface area contributed by atoms with Gasteiger partial charge in [0, 0.05) is 11.9 Å². The number of carbonyl (C=O) groups is 1. The second-order valence-electron chi connectivity index (χ2n) is 5.62. The molecule has 0 radical (unpaired) electrons. The molecule has 0 aliphatic carbocycles. The lowest BCUT2D eigenvalue weighted by Crippen LogP contribution is -2.26. The Morgan fingerprint density at radius 3 is 3.00 bits per heavy atom. The predicted molar refractivity (Wildman–Crippen MR) is 104 cm³/mol. The molecule has 8 heteroatoms. The number of ether oxygens (including phenoxy) is 2. The SMILES string of the molecule is O=C(NCCc1cc(Cl)c2c(c1)OCCO2)c1csc(-c2cccs2)n1. The summed E-state index contributed by atoms with van der Waals surface area (Å²) < 4.78 is 11.1. The van der Waals surface area contributed by atoms with Crippen LogP contribution in [0.2, 0.25) is 5.02 Å². The van der Waals surface area contributed by atoms with Gasteiger partial charge in [0.2, 0.25) is 0 Å². The molecule has 0 fully saturated rings. The summed E-state index contributed by atoms with van der Waals surface area (Å²) in [5, 5.41) is 8.07. The zero-order chi connectivity index (χ0) is 17.9. The third kappa shape index (κ3) is 3.70. The van der Waals surface area contributed by atoms with Crippen LogP contribution in [-0.4, -0.2) is 30.6 Å². The minimum Gasteiger partial charge on any atom is -0.486 e. The van der Waals surface area contributed by atoms with Crippen molar-refractivity contribution in [3.63, 3.8) is 0 Å². The first-order valence-electron chi connectivity index (χ1n) is 8.06. The first kappa shape index (κ1) is 17.3. The quantitative estimate of drug-likeness (QED) is 0.687. The van der Waals surface area contributed by atoms with E-state index in [9.17, 15) is 4.79 Å². The Balaban J connectivity index is 1.36. The van der Waals surface area contributed by atoms with Crippen LogP contribution in [0.1, 0.15) is 16.1 Å². The molecule has 134 valence electrons. The summed E-state index contributed by atoms with van der Waals surface area (Å²) in [6, 6.07) is 7.72. The molecule has 0 saturated carbocycles. The van der Waals surface area contributed by atoms with Gasteiger partial charge in [-0.25, -0.2) is 4.98 Å². The molecule has 0 bridgehead atoms. The summed E-state index contributed by atoms with van der Waals surface area (Å²) in [5.41, 5.74) is 1.43. The van der Waals surface area contributed by atoms with Gasteiger partial charge in [0.15, 0.2) is 11.5 Å². The summed E-state index contributed by atoms with van der Waals surface area (Å²) in [5.74, 6) is 1.08. The second kappa shape index (κ2) is 7.65. The molecule has 26 heavy (non-hydrogen) atoms. The van der Waals surface area contributed by atoms with Crippen LogP contribution in [0, 0.1) is 0 Å². The molecule has 0 saturated heterocycles. The van der Waals surface area contributed by atoms with E-state index < -0.39 is 0 Å². The standard InChI is InChI=1S/C18H15ClN2O3S2/c19-12-8-11(9-14-16(12)24-6-5-23-14)3-4-20-17(22)13-10-26-18(21-13)15-2-1-7-25-15/h1-2,7-10H,3-6H2,(H,20,22). The number of hydrogen-bond donors (Lipinski definition) is 1. The molecule has 0 atom stereocenters. The molecule has 1 aliphatic heterocycles. The molecule has 0 spiro atoms. The predicted octanol–water partition coefficient (Wildman–Crippen LogP) is 4.27. The Morgan fingerprint density at radius 1 is 1.27 bits per heavy atom. The molecule has 1 aromatic carbocycles. The maximum Gasteiger partial charge on any atom is 0.270 e. The monoisotopic (exact) mass is 406 g/mol. The Morgan fingerprint density at radius 2 is 2.15 bits per heavy atom. The topological polar surface area (TPSA) is 60.5 Å². The summed E-state index contributed by atoms with van der Waals surface area (Å²) in [6.45, 7) is 1.50. The number of thiazole rings is 1. The van der Waals surface area contributed by atoms with Crippen molar-refractivity contribution in [2.24, 2.45) is 0 Å². The van der Waals surface area contributed by atoms with E-state index in [-0.39, 0.29) is 5.91 Å². The molecule has 2 aromatic heterocycles. The van der Waals surface area contributed by atoms with E-state index in [0.717, 1.165) is 15.4 Å². The van der Waals surface area contributed by atoms with E-state index in [1.54, 1.807) is 16.7 Å². The van der Waals surface area contributed by atoms with Crippen molar-refractivity contribution in [1.29, 1.82) is 0 Å². The van der Waals surface area contributed by atoms with Crippen LogP contribution < -0.4 is 14.8 Å². The molecule has 3 heterocycles. The number of rotatable bonds is 5. The van der Waals surface area contributed by atoms with Crippen molar-refractivity contribution in [1.82, 2.24) is 10.3 Å². The molecule has 0 unspecified atom stereocenters. The first-order chi connectivity index (χ1) is 12.7. The van der Waals surface area contributed by atoms with Gasteiger partial charge in [-0.1, -0.05) is 17.7 Å². The van der Waals surface area contributed by atoms with Crippen molar-refractivity contribution >= 4 is 40.2 Å². The summed E-state index contributed by atoms with van der Waals surface area (Å²) in [6.07, 6.45) is 0.643. The van der Waals surface area contributed by atoms with Gasteiger partial charge in [-0.2, -0.15) is 0 Å². The van der Waals surface area contributed by atoms with Crippen molar-refractivity contribution in [2.75, 3.05) is 19.8 Å². The number of aromatic nitrogens is 1. The van der Waals surface area contributed by atoms with Crippen LogP contribution in [0.3, 0.4) is 0 Å². The lowest BCUT2D eigenvalue weighted by molar-refractivity contribution is 0.0950. The van der Waals surface area contributed by atoms with Crippen molar-refractivity contribution in [3.8, 4) is 21.4 Å². The zero-order valence-corrected chi connectivity index (χ0v) is 16.0. The maximum absolute atomic E-state index is 12.3. The number of nitrogens with one attached hydrogen (secondary N) is 1. The fourth-order valence-corrected chi connectivity index (χ4v) is 4.51. The van der Waals surface area contributed by atoms with E-state index in [1.807, 2.05) is 29.6 Å². The van der Waals surface area contributed by atoms with Crippen LogP contribution in [0.25, 0.3) is 9.88 Å². The molecular weight excluding hydrogens is 392 g/mol. The molecule has 1 amide bonds. The number of amides is 1. The average Bonchev–Trinajstić information content (AvgIpc) is 3.33. The third-order valence-electron chi connectivity index (χ3n) is 3.82. The highest BCUT2D eigenvalue weighted by atomic mass is 35.5. The Hall–Kier alpha value is -2.09. The first-order valence-corrected chi connectivity index (χ1v) is 10.2. The molecular formula is C18H15ClN2O3S2. The second-order valence-corrected chi connectivity index (χ2v) is 7.84. The Bertz CT molecular complexity index is 925. The number of nitrogens with zero attached hydrogens (tertiary/aromatic N) is 1. The Kier molecular flexibility index (Phi) is 5.10. The van der Waals surface area contributed by atoms with E-state index in [1.165, 1.54) is 11.3 Å². The van der Waals surface area contributed by atoms with Crippen molar-refractivity contribution < 1.29 is 14.3 Å². The normalized spacial score (nSPS) is 12.8. The van der Waals surface area contributed by atoms with Crippen LogP contribution in [0.4, 0.5) is 0 Å².